The number of ether oxygens (including phenoxy) is 1. The van der Waals surface area contributed by atoms with Crippen molar-refractivity contribution < 1.29 is 14.3 Å². The number of unbranched alkanes of at least 4 members (excludes halogenated alkanes) is 6. The topological polar surface area (TPSA) is 79.8 Å². The van der Waals surface area contributed by atoms with Gasteiger partial charge in [0.25, 0.3) is 5.91 Å². The second-order valence-electron chi connectivity index (χ2n) is 6.33. The molecule has 0 atom stereocenters. The Kier molecular flexibility index (Phi) is 12.2. The van der Waals surface area contributed by atoms with E-state index in [0.29, 0.717) is 12.2 Å². The first kappa shape index (κ1) is 23.1. The first-order chi connectivity index (χ1) is 13.1. The summed E-state index contributed by atoms with van der Waals surface area (Å²) in [6.45, 7) is 2.12. The molecule has 1 rings (SSSR count). The molecule has 27 heavy (non-hydrogen) atoms. The van der Waals surface area contributed by atoms with Crippen LogP contribution in [0.15, 0.2) is 27.8 Å². The van der Waals surface area contributed by atoms with E-state index in [4.69, 9.17) is 4.74 Å². The van der Waals surface area contributed by atoms with Crippen molar-refractivity contribution >= 4 is 34.0 Å². The molecule has 0 unspecified atom stereocenters. The molecule has 0 saturated heterocycles. The summed E-state index contributed by atoms with van der Waals surface area (Å²) in [5.41, 5.74) is 3.13. The van der Waals surface area contributed by atoms with Gasteiger partial charge in [-0.15, -0.1) is 0 Å². The summed E-state index contributed by atoms with van der Waals surface area (Å²) in [5, 5.41) is 6.52. The lowest BCUT2D eigenvalue weighted by Crippen LogP contribution is -2.34. The van der Waals surface area contributed by atoms with Crippen LogP contribution in [0.1, 0.15) is 63.9 Å². The average molecular weight is 440 g/mol. The third kappa shape index (κ3) is 10.8. The molecule has 0 aliphatic heterocycles. The van der Waals surface area contributed by atoms with Gasteiger partial charge in [0.2, 0.25) is 5.91 Å². The second-order valence-corrected chi connectivity index (χ2v) is 7.24. The lowest BCUT2D eigenvalue weighted by Gasteiger charge is -2.06. The smallest absolute Gasteiger partial charge is 0.259 e. The van der Waals surface area contributed by atoms with Crippen molar-refractivity contribution in [3.63, 3.8) is 0 Å². The van der Waals surface area contributed by atoms with Crippen molar-refractivity contribution in [2.45, 2.75) is 58.3 Å². The Morgan fingerprint density at radius 1 is 1.11 bits per heavy atom. The number of carbonyl (C=O) groups is 2. The van der Waals surface area contributed by atoms with Crippen LogP contribution in [-0.2, 0) is 9.59 Å². The molecule has 2 amide bonds. The van der Waals surface area contributed by atoms with Gasteiger partial charge in [0.15, 0.2) is 0 Å². The van der Waals surface area contributed by atoms with Crippen molar-refractivity contribution in [1.82, 2.24) is 10.7 Å². The number of nitrogens with zero attached hydrogens (tertiary/aromatic N) is 1. The van der Waals surface area contributed by atoms with Gasteiger partial charge in [-0.05, 0) is 24.6 Å². The highest BCUT2D eigenvalue weighted by molar-refractivity contribution is 9.10. The standard InChI is InChI=1S/C20H30BrN3O3/c1-3-4-5-6-7-8-9-10-19(25)22-15-20(26)24-23-14-16-13-17(21)11-12-18(16)27-2/h11-14H,3-10,15H2,1-2H3,(H,22,25)(H,24,26). The van der Waals surface area contributed by atoms with Crippen LogP contribution in [0.3, 0.4) is 0 Å². The summed E-state index contributed by atoms with van der Waals surface area (Å²) < 4.78 is 6.11. The monoisotopic (exact) mass is 439 g/mol. The maximum atomic E-state index is 11.8. The summed E-state index contributed by atoms with van der Waals surface area (Å²) >= 11 is 3.38. The molecule has 150 valence electrons. The SMILES string of the molecule is CCCCCCCCCC(=O)NCC(=O)NN=Cc1cc(Br)ccc1OC. The van der Waals surface area contributed by atoms with Gasteiger partial charge in [0, 0.05) is 16.5 Å². The van der Waals surface area contributed by atoms with Crippen LogP contribution >= 0.6 is 15.9 Å². The molecule has 6 nitrogen and oxygen atoms in total. The highest BCUT2D eigenvalue weighted by atomic mass is 79.9. The Labute approximate surface area is 170 Å². The van der Waals surface area contributed by atoms with Crippen LogP contribution in [0.25, 0.3) is 0 Å². The van der Waals surface area contributed by atoms with Crippen LogP contribution in [0.2, 0.25) is 0 Å². The lowest BCUT2D eigenvalue weighted by atomic mass is 10.1. The predicted molar refractivity (Wildman–Crippen MR) is 112 cm³/mol. The fourth-order valence-electron chi connectivity index (χ4n) is 2.53. The summed E-state index contributed by atoms with van der Waals surface area (Å²) in [7, 11) is 1.57. The van der Waals surface area contributed by atoms with Gasteiger partial charge in [0.1, 0.15) is 5.75 Å². The molecule has 0 fully saturated rings. The van der Waals surface area contributed by atoms with Crippen LogP contribution in [0.4, 0.5) is 0 Å². The third-order valence-corrected chi connectivity index (χ3v) is 4.53. The number of methoxy groups -OCH3 is 1. The maximum Gasteiger partial charge on any atom is 0.259 e. The van der Waals surface area contributed by atoms with Gasteiger partial charge in [0.05, 0.1) is 19.9 Å². The zero-order valence-corrected chi connectivity index (χ0v) is 17.8. The molecule has 0 aromatic heterocycles. The number of hydrogen-bond donors (Lipinski definition) is 2. The number of halogens is 1. The van der Waals surface area contributed by atoms with Crippen molar-refractivity contribution in [3.8, 4) is 5.75 Å². The number of benzene rings is 1. The third-order valence-electron chi connectivity index (χ3n) is 4.04. The number of carbonyl (C=O) groups excluding carboxylic acids is 2. The van der Waals surface area contributed by atoms with E-state index in [1.54, 1.807) is 13.2 Å². The van der Waals surface area contributed by atoms with Crippen LogP contribution < -0.4 is 15.5 Å². The van der Waals surface area contributed by atoms with Gasteiger partial charge in [-0.2, -0.15) is 5.10 Å². The molecular weight excluding hydrogens is 410 g/mol. The minimum atomic E-state index is -0.367. The van der Waals surface area contributed by atoms with E-state index < -0.39 is 0 Å². The molecule has 7 heteroatoms. The molecule has 0 heterocycles. The number of nitrogens with one attached hydrogen (secondary N) is 2. The van der Waals surface area contributed by atoms with Crippen LogP contribution in [-0.4, -0.2) is 31.7 Å². The van der Waals surface area contributed by atoms with E-state index in [1.165, 1.54) is 38.3 Å². The quantitative estimate of drug-likeness (QED) is 0.275. The highest BCUT2D eigenvalue weighted by Gasteiger charge is 2.05. The normalized spacial score (nSPS) is 10.8. The first-order valence-electron chi connectivity index (χ1n) is 9.49. The number of amides is 2. The second kappa shape index (κ2) is 14.2. The minimum Gasteiger partial charge on any atom is -0.496 e. The van der Waals surface area contributed by atoms with Crippen LogP contribution in [0.5, 0.6) is 5.75 Å². The molecule has 0 bridgehead atoms. The summed E-state index contributed by atoms with van der Waals surface area (Å²) in [6.07, 6.45) is 10.1. The van der Waals surface area contributed by atoms with Crippen LogP contribution in [0, 0.1) is 0 Å². The van der Waals surface area contributed by atoms with E-state index in [-0.39, 0.29) is 18.4 Å². The zero-order chi connectivity index (χ0) is 19.9. The minimum absolute atomic E-state index is 0.0811. The average Bonchev–Trinajstić information content (AvgIpc) is 2.66. The number of hydrazone groups is 1. The fourth-order valence-corrected chi connectivity index (χ4v) is 2.91. The Hall–Kier alpha value is -1.89. The van der Waals surface area contributed by atoms with Gasteiger partial charge in [-0.3, -0.25) is 9.59 Å². The molecule has 0 spiro atoms. The van der Waals surface area contributed by atoms with E-state index >= 15 is 0 Å². The maximum absolute atomic E-state index is 11.8. The molecule has 0 aliphatic rings. The zero-order valence-electron chi connectivity index (χ0n) is 16.2. The highest BCUT2D eigenvalue weighted by Crippen LogP contribution is 2.21. The van der Waals surface area contributed by atoms with Crippen molar-refractivity contribution in [2.24, 2.45) is 5.10 Å². The molecule has 0 saturated carbocycles. The van der Waals surface area contributed by atoms with Gasteiger partial charge in [-0.1, -0.05) is 61.4 Å². The van der Waals surface area contributed by atoms with E-state index in [0.717, 1.165) is 22.9 Å². The van der Waals surface area contributed by atoms with Gasteiger partial charge >= 0.3 is 0 Å². The Bertz CT molecular complexity index is 620. The van der Waals surface area contributed by atoms with Crippen molar-refractivity contribution in [2.75, 3.05) is 13.7 Å². The summed E-state index contributed by atoms with van der Waals surface area (Å²) in [6, 6.07) is 5.49. The molecule has 0 radical (unpaired) electrons. The van der Waals surface area contributed by atoms with Crippen molar-refractivity contribution in [3.05, 3.63) is 28.2 Å². The largest absolute Gasteiger partial charge is 0.496 e. The number of rotatable bonds is 13. The Morgan fingerprint density at radius 2 is 1.81 bits per heavy atom. The molecule has 1 aromatic rings. The Morgan fingerprint density at radius 3 is 2.52 bits per heavy atom. The van der Waals surface area contributed by atoms with E-state index in [9.17, 15) is 9.59 Å². The molecule has 0 aliphatic carbocycles. The van der Waals surface area contributed by atoms with E-state index in [1.807, 2.05) is 12.1 Å². The first-order valence-corrected chi connectivity index (χ1v) is 10.3. The predicted octanol–water partition coefficient (Wildman–Crippen LogP) is 4.16. The van der Waals surface area contributed by atoms with Gasteiger partial charge in [-0.25, -0.2) is 5.43 Å². The van der Waals surface area contributed by atoms with Crippen molar-refractivity contribution in [1.29, 1.82) is 0 Å². The summed E-state index contributed by atoms with van der Waals surface area (Å²) in [4.78, 5) is 23.5. The molecule has 1 aromatic carbocycles. The molecule has 2 N–H and O–H groups in total. The number of hydrogen-bond acceptors (Lipinski definition) is 4. The summed E-state index contributed by atoms with van der Waals surface area (Å²) in [5.74, 6) is 0.184. The van der Waals surface area contributed by atoms with E-state index in [2.05, 4.69) is 38.7 Å². The lowest BCUT2D eigenvalue weighted by molar-refractivity contribution is -0.126. The fraction of sp³-hybridized carbons (Fsp3) is 0.550. The molecular formula is C20H30BrN3O3. The Balaban J connectivity index is 2.20. The van der Waals surface area contributed by atoms with Gasteiger partial charge < -0.3 is 10.1 Å².